The number of hydrogen-bond acceptors (Lipinski definition) is 2. The van der Waals surface area contributed by atoms with Gasteiger partial charge in [0.2, 0.25) is 0 Å². The summed E-state index contributed by atoms with van der Waals surface area (Å²) in [6.07, 6.45) is 4.12. The van der Waals surface area contributed by atoms with Crippen LogP contribution in [-0.2, 0) is 10.3 Å². The van der Waals surface area contributed by atoms with E-state index in [1.54, 1.807) is 0 Å². The van der Waals surface area contributed by atoms with Gasteiger partial charge in [-0.1, -0.05) is 36.4 Å². The van der Waals surface area contributed by atoms with Crippen molar-refractivity contribution in [2.75, 3.05) is 0 Å². The zero-order valence-corrected chi connectivity index (χ0v) is 11.8. The Morgan fingerprint density at radius 2 is 1.75 bits per heavy atom. The second-order valence-corrected chi connectivity index (χ2v) is 6.38. The van der Waals surface area contributed by atoms with Crippen LogP contribution in [0.25, 0.3) is 10.8 Å². The largest absolute Gasteiger partial charge is 0.385 e. The zero-order chi connectivity index (χ0) is 13.7. The fourth-order valence-electron chi connectivity index (χ4n) is 4.12. The quantitative estimate of drug-likeness (QED) is 0.855. The Morgan fingerprint density at radius 1 is 1.05 bits per heavy atom. The van der Waals surface area contributed by atoms with Crippen molar-refractivity contribution in [1.82, 2.24) is 0 Å². The highest BCUT2D eigenvalue weighted by molar-refractivity contribution is 5.87. The van der Waals surface area contributed by atoms with Gasteiger partial charge in [-0.25, -0.2) is 0 Å². The lowest BCUT2D eigenvalue weighted by molar-refractivity contribution is -0.115. The van der Waals surface area contributed by atoms with E-state index in [2.05, 4.69) is 43.3 Å². The van der Waals surface area contributed by atoms with E-state index < -0.39 is 5.60 Å². The molecule has 2 unspecified atom stereocenters. The molecule has 2 atom stereocenters. The van der Waals surface area contributed by atoms with Gasteiger partial charge in [-0.3, -0.25) is 0 Å². The van der Waals surface area contributed by atoms with Crippen LogP contribution in [0.5, 0.6) is 0 Å². The second kappa shape index (κ2) is 4.31. The Labute approximate surface area is 119 Å². The molecule has 2 bridgehead atoms. The van der Waals surface area contributed by atoms with Crippen LogP contribution in [-0.4, -0.2) is 17.3 Å². The monoisotopic (exact) mass is 268 g/mol. The molecule has 2 nitrogen and oxygen atoms in total. The summed E-state index contributed by atoms with van der Waals surface area (Å²) in [4.78, 5) is 0. The van der Waals surface area contributed by atoms with Crippen molar-refractivity contribution in [2.24, 2.45) is 0 Å². The lowest BCUT2D eigenvalue weighted by atomic mass is 9.79. The van der Waals surface area contributed by atoms with E-state index in [1.807, 2.05) is 0 Å². The van der Waals surface area contributed by atoms with Gasteiger partial charge in [-0.05, 0) is 41.7 Å². The van der Waals surface area contributed by atoms with E-state index in [9.17, 15) is 5.11 Å². The summed E-state index contributed by atoms with van der Waals surface area (Å²) in [6, 6.07) is 12.6. The van der Waals surface area contributed by atoms with Gasteiger partial charge < -0.3 is 9.84 Å². The fourth-order valence-corrected chi connectivity index (χ4v) is 4.12. The number of rotatable bonds is 1. The standard InChI is InChI=1S/C18H20O2/c1-12-6-7-13-4-2-3-5-16(13)17(12)18(19)10-14-8-9-15(11-18)20-14/h2-7,14-15,19H,8-11H2,1H3. The van der Waals surface area contributed by atoms with Crippen molar-refractivity contribution < 1.29 is 9.84 Å². The van der Waals surface area contributed by atoms with Crippen LogP contribution in [0, 0.1) is 6.92 Å². The molecule has 1 N–H and O–H groups in total. The first kappa shape index (κ1) is 12.4. The van der Waals surface area contributed by atoms with Crippen molar-refractivity contribution in [1.29, 1.82) is 0 Å². The molecule has 0 aliphatic carbocycles. The summed E-state index contributed by atoms with van der Waals surface area (Å²) < 4.78 is 5.91. The first-order chi connectivity index (χ1) is 9.66. The molecule has 2 aliphatic heterocycles. The molecule has 4 rings (SSSR count). The van der Waals surface area contributed by atoms with E-state index in [4.69, 9.17) is 4.74 Å². The molecule has 0 saturated carbocycles. The minimum absolute atomic E-state index is 0.233. The molecule has 2 heterocycles. The number of benzene rings is 2. The molecule has 2 aliphatic rings. The van der Waals surface area contributed by atoms with Crippen molar-refractivity contribution in [3.05, 3.63) is 47.5 Å². The maximum absolute atomic E-state index is 11.3. The lowest BCUT2D eigenvalue weighted by Crippen LogP contribution is -2.39. The first-order valence-electron chi connectivity index (χ1n) is 7.52. The Morgan fingerprint density at radius 3 is 2.50 bits per heavy atom. The van der Waals surface area contributed by atoms with E-state index in [1.165, 1.54) is 16.3 Å². The molecule has 2 saturated heterocycles. The van der Waals surface area contributed by atoms with Crippen LogP contribution >= 0.6 is 0 Å². The third-order valence-corrected chi connectivity index (χ3v) is 4.93. The smallest absolute Gasteiger partial charge is 0.0954 e. The van der Waals surface area contributed by atoms with Crippen LogP contribution in [0.3, 0.4) is 0 Å². The summed E-state index contributed by atoms with van der Waals surface area (Å²) >= 11 is 0. The van der Waals surface area contributed by atoms with E-state index in [0.29, 0.717) is 0 Å². The number of aliphatic hydroxyl groups is 1. The van der Waals surface area contributed by atoms with E-state index >= 15 is 0 Å². The van der Waals surface area contributed by atoms with Crippen molar-refractivity contribution in [2.45, 2.75) is 50.4 Å². The number of ether oxygens (including phenoxy) is 1. The van der Waals surface area contributed by atoms with Gasteiger partial charge in [0, 0.05) is 12.8 Å². The highest BCUT2D eigenvalue weighted by Crippen LogP contribution is 2.46. The van der Waals surface area contributed by atoms with Gasteiger partial charge >= 0.3 is 0 Å². The average molecular weight is 268 g/mol. The number of fused-ring (bicyclic) bond motifs is 3. The predicted molar refractivity (Wildman–Crippen MR) is 79.7 cm³/mol. The summed E-state index contributed by atoms with van der Waals surface area (Å²) in [7, 11) is 0. The van der Waals surface area contributed by atoms with Crippen LogP contribution in [0.4, 0.5) is 0 Å². The molecular formula is C18H20O2. The molecule has 0 radical (unpaired) electrons. The summed E-state index contributed by atoms with van der Waals surface area (Å²) in [5, 5.41) is 13.7. The maximum Gasteiger partial charge on any atom is 0.0954 e. The van der Waals surface area contributed by atoms with E-state index in [0.717, 1.165) is 31.2 Å². The normalized spacial score (nSPS) is 32.7. The van der Waals surface area contributed by atoms with Gasteiger partial charge in [0.05, 0.1) is 17.8 Å². The third kappa shape index (κ3) is 1.79. The molecular weight excluding hydrogens is 248 g/mol. The Hall–Kier alpha value is -1.38. The van der Waals surface area contributed by atoms with E-state index in [-0.39, 0.29) is 12.2 Å². The molecule has 2 aromatic rings. The van der Waals surface area contributed by atoms with Crippen molar-refractivity contribution >= 4 is 10.8 Å². The van der Waals surface area contributed by atoms with Crippen LogP contribution in [0.2, 0.25) is 0 Å². The molecule has 20 heavy (non-hydrogen) atoms. The molecule has 0 amide bonds. The van der Waals surface area contributed by atoms with Gasteiger partial charge in [0.15, 0.2) is 0 Å². The van der Waals surface area contributed by atoms with Gasteiger partial charge in [0.25, 0.3) is 0 Å². The summed E-state index contributed by atoms with van der Waals surface area (Å²) in [5.74, 6) is 0. The lowest BCUT2D eigenvalue weighted by Gasteiger charge is -2.38. The average Bonchev–Trinajstić information content (AvgIpc) is 2.78. The topological polar surface area (TPSA) is 29.5 Å². The Kier molecular flexibility index (Phi) is 2.66. The third-order valence-electron chi connectivity index (χ3n) is 4.93. The number of hydrogen-bond donors (Lipinski definition) is 1. The number of aryl methyl sites for hydroxylation is 1. The first-order valence-corrected chi connectivity index (χ1v) is 7.52. The predicted octanol–water partition coefficient (Wildman–Crippen LogP) is 3.68. The SMILES string of the molecule is Cc1ccc2ccccc2c1C1(O)CC2CCC(C1)O2. The Balaban J connectivity index is 1.91. The minimum Gasteiger partial charge on any atom is -0.385 e. The fraction of sp³-hybridized carbons (Fsp3) is 0.444. The molecule has 2 fully saturated rings. The van der Waals surface area contributed by atoms with Gasteiger partial charge in [0.1, 0.15) is 0 Å². The second-order valence-electron chi connectivity index (χ2n) is 6.38. The summed E-state index contributed by atoms with van der Waals surface area (Å²) in [6.45, 7) is 2.11. The van der Waals surface area contributed by atoms with Crippen molar-refractivity contribution in [3.63, 3.8) is 0 Å². The zero-order valence-electron chi connectivity index (χ0n) is 11.8. The van der Waals surface area contributed by atoms with Gasteiger partial charge in [-0.15, -0.1) is 0 Å². The van der Waals surface area contributed by atoms with Crippen LogP contribution < -0.4 is 0 Å². The maximum atomic E-state index is 11.3. The molecule has 104 valence electrons. The molecule has 0 spiro atoms. The molecule has 0 aromatic heterocycles. The van der Waals surface area contributed by atoms with Crippen molar-refractivity contribution in [3.8, 4) is 0 Å². The van der Waals surface area contributed by atoms with Crippen LogP contribution in [0.1, 0.15) is 36.8 Å². The Bertz CT molecular complexity index is 650. The molecule has 2 aromatic carbocycles. The highest BCUT2D eigenvalue weighted by atomic mass is 16.5. The summed E-state index contributed by atoms with van der Waals surface area (Å²) in [5.41, 5.74) is 1.58. The molecule has 2 heteroatoms. The highest BCUT2D eigenvalue weighted by Gasteiger charge is 2.45. The minimum atomic E-state index is -0.727. The van der Waals surface area contributed by atoms with Gasteiger partial charge in [-0.2, -0.15) is 0 Å². The van der Waals surface area contributed by atoms with Crippen LogP contribution in [0.15, 0.2) is 36.4 Å².